The van der Waals surface area contributed by atoms with Gasteiger partial charge in [-0.25, -0.2) is 4.39 Å². The molecule has 0 aliphatic carbocycles. The number of hydrogen-bond donors (Lipinski definition) is 1. The van der Waals surface area contributed by atoms with Crippen molar-refractivity contribution in [1.29, 1.82) is 0 Å². The van der Waals surface area contributed by atoms with Crippen LogP contribution in [-0.2, 0) is 4.79 Å². The Morgan fingerprint density at radius 1 is 1.38 bits per heavy atom. The van der Waals surface area contributed by atoms with Crippen LogP contribution in [0.4, 0.5) is 17.6 Å². The molecule has 0 aliphatic heterocycles. The second-order valence-electron chi connectivity index (χ2n) is 4.29. The average Bonchev–Trinajstić information content (AvgIpc) is 2.38. The summed E-state index contributed by atoms with van der Waals surface area (Å²) >= 11 is 0. The van der Waals surface area contributed by atoms with E-state index in [1.54, 1.807) is 0 Å². The van der Waals surface area contributed by atoms with Gasteiger partial charge in [0.05, 0.1) is 6.61 Å². The van der Waals surface area contributed by atoms with Crippen LogP contribution >= 0.6 is 0 Å². The topological polar surface area (TPSA) is 49.8 Å². The van der Waals surface area contributed by atoms with Crippen LogP contribution in [0.15, 0.2) is 24.3 Å². The highest BCUT2D eigenvalue weighted by atomic mass is 19.4. The number of aliphatic hydroxyl groups excluding tert-OH is 1. The summed E-state index contributed by atoms with van der Waals surface area (Å²) in [7, 11) is 0. The van der Waals surface area contributed by atoms with Crippen LogP contribution in [0.1, 0.15) is 6.92 Å². The van der Waals surface area contributed by atoms with Crippen LogP contribution in [0.2, 0.25) is 0 Å². The summed E-state index contributed by atoms with van der Waals surface area (Å²) in [5.41, 5.74) is 0. The smallest absolute Gasteiger partial charge is 0.406 e. The fourth-order valence-electron chi connectivity index (χ4n) is 1.64. The van der Waals surface area contributed by atoms with Crippen molar-refractivity contribution in [2.45, 2.75) is 19.2 Å². The minimum atomic E-state index is -4.59. The van der Waals surface area contributed by atoms with Crippen LogP contribution < -0.4 is 4.74 Å². The highest BCUT2D eigenvalue weighted by Gasteiger charge is 2.34. The van der Waals surface area contributed by atoms with E-state index in [2.05, 4.69) is 0 Å². The van der Waals surface area contributed by atoms with Crippen molar-refractivity contribution in [2.24, 2.45) is 0 Å². The predicted molar refractivity (Wildman–Crippen MR) is 66.2 cm³/mol. The number of aliphatic hydroxyl groups is 1. The number of ether oxygens (including phenoxy) is 1. The van der Waals surface area contributed by atoms with Crippen molar-refractivity contribution < 1.29 is 32.2 Å². The summed E-state index contributed by atoms with van der Waals surface area (Å²) in [5.74, 6) is -1.93. The number of para-hydroxylation sites is 1. The Morgan fingerprint density at radius 3 is 2.52 bits per heavy atom. The molecule has 8 heteroatoms. The first-order valence-corrected chi connectivity index (χ1v) is 6.12. The van der Waals surface area contributed by atoms with E-state index in [1.165, 1.54) is 25.1 Å². The summed E-state index contributed by atoms with van der Waals surface area (Å²) in [6.45, 7) is -1.38. The molecule has 0 saturated heterocycles. The number of carbonyl (C=O) groups is 1. The van der Waals surface area contributed by atoms with Gasteiger partial charge in [0.15, 0.2) is 17.7 Å². The van der Waals surface area contributed by atoms with Crippen LogP contribution in [0, 0.1) is 5.82 Å². The van der Waals surface area contributed by atoms with Gasteiger partial charge in [0.25, 0.3) is 5.91 Å². The monoisotopic (exact) mass is 309 g/mol. The van der Waals surface area contributed by atoms with Crippen molar-refractivity contribution in [3.63, 3.8) is 0 Å². The number of alkyl halides is 3. The van der Waals surface area contributed by atoms with Crippen LogP contribution in [0.3, 0.4) is 0 Å². The minimum absolute atomic E-state index is 0.227. The zero-order valence-corrected chi connectivity index (χ0v) is 11.2. The first-order valence-electron chi connectivity index (χ1n) is 6.12. The van der Waals surface area contributed by atoms with Crippen molar-refractivity contribution in [1.82, 2.24) is 4.90 Å². The third-order valence-corrected chi connectivity index (χ3v) is 2.54. The molecule has 0 bridgehead atoms. The molecule has 4 nitrogen and oxygen atoms in total. The van der Waals surface area contributed by atoms with E-state index >= 15 is 0 Å². The molecule has 0 radical (unpaired) electrons. The minimum Gasteiger partial charge on any atom is -0.478 e. The summed E-state index contributed by atoms with van der Waals surface area (Å²) < 4.78 is 55.5. The van der Waals surface area contributed by atoms with Gasteiger partial charge in [-0.05, 0) is 19.1 Å². The van der Waals surface area contributed by atoms with Crippen LogP contribution in [0.5, 0.6) is 5.75 Å². The lowest BCUT2D eigenvalue weighted by atomic mass is 10.3. The molecule has 1 atom stereocenters. The lowest BCUT2D eigenvalue weighted by Gasteiger charge is -2.26. The van der Waals surface area contributed by atoms with Gasteiger partial charge in [0, 0.05) is 6.54 Å². The molecule has 1 unspecified atom stereocenters. The summed E-state index contributed by atoms with van der Waals surface area (Å²) in [5, 5.41) is 8.74. The van der Waals surface area contributed by atoms with Gasteiger partial charge >= 0.3 is 6.18 Å². The molecule has 0 heterocycles. The maximum absolute atomic E-state index is 13.4. The fraction of sp³-hybridized carbons (Fsp3) is 0.462. The Bertz CT molecular complexity index is 479. The van der Waals surface area contributed by atoms with Gasteiger partial charge in [-0.1, -0.05) is 12.1 Å². The maximum atomic E-state index is 13.4. The summed E-state index contributed by atoms with van der Waals surface area (Å²) in [6.07, 6.45) is -5.90. The van der Waals surface area contributed by atoms with E-state index in [0.29, 0.717) is 4.90 Å². The number of amides is 1. The summed E-state index contributed by atoms with van der Waals surface area (Å²) in [6, 6.07) is 5.25. The molecule has 1 aromatic rings. The number of rotatable bonds is 6. The second-order valence-corrected chi connectivity index (χ2v) is 4.29. The van der Waals surface area contributed by atoms with E-state index < -0.39 is 43.7 Å². The average molecular weight is 309 g/mol. The Labute approximate surface area is 118 Å². The van der Waals surface area contributed by atoms with Gasteiger partial charge in [-0.3, -0.25) is 4.79 Å². The third kappa shape index (κ3) is 5.58. The quantitative estimate of drug-likeness (QED) is 0.818. The molecule has 21 heavy (non-hydrogen) atoms. The first kappa shape index (κ1) is 17.2. The molecular weight excluding hydrogens is 294 g/mol. The zero-order valence-electron chi connectivity index (χ0n) is 11.2. The van der Waals surface area contributed by atoms with Crippen LogP contribution in [0.25, 0.3) is 0 Å². The standard InChI is InChI=1S/C13H15F4NO3/c1-9(21-11-5-3-2-4-10(11)14)12(20)18(6-7-19)8-13(15,16)17/h2-5,9,19H,6-8H2,1H3. The largest absolute Gasteiger partial charge is 0.478 e. The first-order chi connectivity index (χ1) is 9.74. The molecule has 1 aromatic carbocycles. The Balaban J connectivity index is 2.76. The van der Waals surface area contributed by atoms with Gasteiger partial charge in [0.2, 0.25) is 0 Å². The Morgan fingerprint density at radius 2 is 2.00 bits per heavy atom. The summed E-state index contributed by atoms with van der Waals surface area (Å²) in [4.78, 5) is 12.3. The maximum Gasteiger partial charge on any atom is 0.406 e. The molecule has 0 saturated carbocycles. The molecule has 118 valence electrons. The number of benzene rings is 1. The van der Waals surface area contributed by atoms with Crippen molar-refractivity contribution in [3.05, 3.63) is 30.1 Å². The Hall–Kier alpha value is -1.83. The van der Waals surface area contributed by atoms with Gasteiger partial charge in [-0.15, -0.1) is 0 Å². The van der Waals surface area contributed by atoms with Gasteiger partial charge in [-0.2, -0.15) is 13.2 Å². The predicted octanol–water partition coefficient (Wildman–Crippen LogP) is 1.98. The van der Waals surface area contributed by atoms with Gasteiger partial charge in [0.1, 0.15) is 6.54 Å². The number of halogens is 4. The molecule has 1 N–H and O–H groups in total. The van der Waals surface area contributed by atoms with Gasteiger partial charge < -0.3 is 14.7 Å². The molecule has 0 aromatic heterocycles. The number of carbonyl (C=O) groups excluding carboxylic acids is 1. The fourth-order valence-corrected chi connectivity index (χ4v) is 1.64. The molecule has 0 spiro atoms. The van der Waals surface area contributed by atoms with E-state index in [9.17, 15) is 22.4 Å². The van der Waals surface area contributed by atoms with E-state index in [0.717, 1.165) is 6.07 Å². The highest BCUT2D eigenvalue weighted by molar-refractivity contribution is 5.81. The van der Waals surface area contributed by atoms with E-state index in [1.807, 2.05) is 0 Å². The highest BCUT2D eigenvalue weighted by Crippen LogP contribution is 2.20. The molecular formula is C13H15F4NO3. The zero-order chi connectivity index (χ0) is 16.0. The number of hydrogen-bond acceptors (Lipinski definition) is 3. The number of nitrogens with zero attached hydrogens (tertiary/aromatic N) is 1. The lowest BCUT2D eigenvalue weighted by molar-refractivity contribution is -0.165. The van der Waals surface area contributed by atoms with Crippen LogP contribution in [-0.4, -0.2) is 47.9 Å². The van der Waals surface area contributed by atoms with E-state index in [-0.39, 0.29) is 5.75 Å². The Kier molecular flexibility index (Phi) is 5.95. The second kappa shape index (κ2) is 7.26. The van der Waals surface area contributed by atoms with Crippen molar-refractivity contribution >= 4 is 5.91 Å². The normalized spacial score (nSPS) is 12.9. The van der Waals surface area contributed by atoms with Crippen molar-refractivity contribution in [3.8, 4) is 5.75 Å². The van der Waals surface area contributed by atoms with E-state index in [4.69, 9.17) is 9.84 Å². The van der Waals surface area contributed by atoms with Crippen molar-refractivity contribution in [2.75, 3.05) is 19.7 Å². The molecule has 1 amide bonds. The molecule has 0 aliphatic rings. The molecule has 1 rings (SSSR count). The SMILES string of the molecule is CC(Oc1ccccc1F)C(=O)N(CCO)CC(F)(F)F. The lowest BCUT2D eigenvalue weighted by Crippen LogP contribution is -2.46. The third-order valence-electron chi connectivity index (χ3n) is 2.54. The molecule has 0 fully saturated rings.